The molecule has 27 heavy (non-hydrogen) atoms. The van der Waals surface area contributed by atoms with Crippen LogP contribution < -0.4 is 10.6 Å². The molecule has 1 atom stereocenters. The van der Waals surface area contributed by atoms with E-state index in [0.717, 1.165) is 31.2 Å². The van der Waals surface area contributed by atoms with E-state index in [0.29, 0.717) is 15.7 Å². The number of rotatable bonds is 6. The van der Waals surface area contributed by atoms with Gasteiger partial charge in [-0.1, -0.05) is 30.7 Å². The second-order valence-corrected chi connectivity index (χ2v) is 8.10. The van der Waals surface area contributed by atoms with Gasteiger partial charge in [0.05, 0.1) is 22.8 Å². The minimum atomic E-state index is -0.380. The van der Waals surface area contributed by atoms with Gasteiger partial charge in [0.15, 0.2) is 5.13 Å². The van der Waals surface area contributed by atoms with Gasteiger partial charge in [-0.15, -0.1) is 11.3 Å². The third-order valence-electron chi connectivity index (χ3n) is 4.45. The summed E-state index contributed by atoms with van der Waals surface area (Å²) in [6.07, 6.45) is 2.51. The summed E-state index contributed by atoms with van der Waals surface area (Å²) in [5.74, 6) is 0.0241. The topological polar surface area (TPSA) is 74.3 Å². The highest BCUT2D eigenvalue weighted by Gasteiger charge is 2.18. The Hall–Kier alpha value is -1.96. The highest BCUT2D eigenvalue weighted by Crippen LogP contribution is 2.21. The Morgan fingerprint density at radius 2 is 2.19 bits per heavy atom. The fraction of sp³-hybridized carbons (Fsp3) is 0.421. The van der Waals surface area contributed by atoms with Crippen molar-refractivity contribution in [3.05, 3.63) is 45.9 Å². The maximum Gasteiger partial charge on any atom is 0.253 e. The lowest BCUT2D eigenvalue weighted by Crippen LogP contribution is -2.34. The zero-order chi connectivity index (χ0) is 19.2. The molecular weight excluding hydrogens is 384 g/mol. The summed E-state index contributed by atoms with van der Waals surface area (Å²) < 4.78 is 0. The van der Waals surface area contributed by atoms with Crippen molar-refractivity contribution in [2.45, 2.75) is 26.3 Å². The monoisotopic (exact) mass is 406 g/mol. The van der Waals surface area contributed by atoms with Crippen molar-refractivity contribution in [1.29, 1.82) is 0 Å². The largest absolute Gasteiger partial charge is 0.343 e. The number of anilines is 1. The quantitative estimate of drug-likeness (QED) is 0.771. The molecule has 144 valence electrons. The Labute approximate surface area is 167 Å². The number of hydrogen-bond acceptors (Lipinski definition) is 5. The molecule has 2 amide bonds. The number of aromatic nitrogens is 1. The molecule has 6 nitrogen and oxygen atoms in total. The van der Waals surface area contributed by atoms with Gasteiger partial charge < -0.3 is 10.6 Å². The maximum atomic E-state index is 12.1. The van der Waals surface area contributed by atoms with Crippen LogP contribution in [0.3, 0.4) is 0 Å². The number of halogens is 1. The molecule has 0 aliphatic carbocycles. The van der Waals surface area contributed by atoms with Gasteiger partial charge in [0, 0.05) is 18.5 Å². The zero-order valence-electron chi connectivity index (χ0n) is 15.2. The van der Waals surface area contributed by atoms with Crippen LogP contribution in [0.4, 0.5) is 5.13 Å². The molecule has 0 unspecified atom stereocenters. The third-order valence-corrected chi connectivity index (χ3v) is 5.59. The first-order valence-corrected chi connectivity index (χ1v) is 10.3. The SMILES string of the molecule is C[C@@H]1CCCN(Cc2csc(NC(=O)CNC(=O)c3ccccc3Cl)n2)C1. The average molecular weight is 407 g/mol. The fourth-order valence-corrected chi connectivity index (χ4v) is 4.10. The minimum absolute atomic E-state index is 0.136. The molecule has 3 rings (SSSR count). The van der Waals surface area contributed by atoms with Gasteiger partial charge in [-0.2, -0.15) is 0 Å². The molecule has 1 fully saturated rings. The minimum Gasteiger partial charge on any atom is -0.343 e. The molecule has 1 saturated heterocycles. The number of amides is 2. The van der Waals surface area contributed by atoms with E-state index < -0.39 is 0 Å². The lowest BCUT2D eigenvalue weighted by molar-refractivity contribution is -0.115. The number of likely N-dealkylation sites (tertiary alicyclic amines) is 1. The number of nitrogens with zero attached hydrogens (tertiary/aromatic N) is 2. The summed E-state index contributed by atoms with van der Waals surface area (Å²) >= 11 is 7.38. The smallest absolute Gasteiger partial charge is 0.253 e. The number of hydrogen-bond donors (Lipinski definition) is 2. The van der Waals surface area contributed by atoms with Crippen LogP contribution in [0.1, 0.15) is 35.8 Å². The van der Waals surface area contributed by atoms with Gasteiger partial charge in [0.25, 0.3) is 5.91 Å². The maximum absolute atomic E-state index is 12.1. The Balaban J connectivity index is 1.46. The van der Waals surface area contributed by atoms with Crippen molar-refractivity contribution in [2.75, 3.05) is 25.0 Å². The van der Waals surface area contributed by atoms with E-state index in [2.05, 4.69) is 27.4 Å². The van der Waals surface area contributed by atoms with Gasteiger partial charge in [-0.3, -0.25) is 14.5 Å². The van der Waals surface area contributed by atoms with Gasteiger partial charge in [0.1, 0.15) is 0 Å². The van der Waals surface area contributed by atoms with Gasteiger partial charge >= 0.3 is 0 Å². The Bertz CT molecular complexity index is 811. The standard InChI is InChI=1S/C19H23ClN4O2S/c1-13-5-4-8-24(10-13)11-14-12-27-19(22-14)23-17(25)9-21-18(26)15-6-2-3-7-16(15)20/h2-3,6-7,12-13H,4-5,8-11H2,1H3,(H,21,26)(H,22,23,25)/t13-/m1/s1. The lowest BCUT2D eigenvalue weighted by atomic mass is 10.0. The van der Waals surface area contributed by atoms with Crippen molar-refractivity contribution in [3.8, 4) is 0 Å². The first-order valence-electron chi connectivity index (χ1n) is 9.00. The van der Waals surface area contributed by atoms with E-state index in [-0.39, 0.29) is 18.4 Å². The van der Waals surface area contributed by atoms with E-state index in [9.17, 15) is 9.59 Å². The number of benzene rings is 1. The molecule has 1 aromatic carbocycles. The molecule has 2 heterocycles. The second kappa shape index (κ2) is 9.30. The third kappa shape index (κ3) is 5.76. The van der Waals surface area contributed by atoms with Gasteiger partial charge in [0.2, 0.25) is 5.91 Å². The summed E-state index contributed by atoms with van der Waals surface area (Å²) in [5, 5.41) is 8.17. The molecule has 2 aromatic rings. The molecule has 1 aliphatic rings. The molecule has 0 bridgehead atoms. The van der Waals surface area contributed by atoms with E-state index >= 15 is 0 Å². The van der Waals surface area contributed by atoms with Crippen LogP contribution in [0, 0.1) is 5.92 Å². The van der Waals surface area contributed by atoms with Crippen LogP contribution in [0.15, 0.2) is 29.6 Å². The zero-order valence-corrected chi connectivity index (χ0v) is 16.8. The average Bonchev–Trinajstić information content (AvgIpc) is 3.07. The Morgan fingerprint density at radius 3 is 2.96 bits per heavy atom. The molecule has 1 aliphatic heterocycles. The van der Waals surface area contributed by atoms with E-state index in [1.54, 1.807) is 24.3 Å². The first kappa shape index (κ1) is 19.8. The van der Waals surface area contributed by atoms with Crippen LogP contribution in [0.2, 0.25) is 5.02 Å². The van der Waals surface area contributed by atoms with E-state index in [1.165, 1.54) is 24.2 Å². The van der Waals surface area contributed by atoms with Crippen LogP contribution in [0.5, 0.6) is 0 Å². The van der Waals surface area contributed by atoms with E-state index in [4.69, 9.17) is 11.6 Å². The van der Waals surface area contributed by atoms with Crippen molar-refractivity contribution in [1.82, 2.24) is 15.2 Å². The van der Waals surface area contributed by atoms with Crippen molar-refractivity contribution in [2.24, 2.45) is 5.92 Å². The normalized spacial score (nSPS) is 17.5. The molecule has 0 radical (unpaired) electrons. The number of thiazole rings is 1. The van der Waals surface area contributed by atoms with Crippen molar-refractivity contribution < 1.29 is 9.59 Å². The Morgan fingerprint density at radius 1 is 1.37 bits per heavy atom. The second-order valence-electron chi connectivity index (χ2n) is 6.84. The van der Waals surface area contributed by atoms with Crippen molar-refractivity contribution in [3.63, 3.8) is 0 Å². The lowest BCUT2D eigenvalue weighted by Gasteiger charge is -2.30. The van der Waals surface area contributed by atoms with Gasteiger partial charge in [-0.25, -0.2) is 4.98 Å². The predicted molar refractivity (Wildman–Crippen MR) is 108 cm³/mol. The van der Waals surface area contributed by atoms with Gasteiger partial charge in [-0.05, 0) is 37.4 Å². The summed E-state index contributed by atoms with van der Waals surface area (Å²) in [5.41, 5.74) is 1.31. The summed E-state index contributed by atoms with van der Waals surface area (Å²) in [4.78, 5) is 31.0. The van der Waals surface area contributed by atoms with E-state index in [1.807, 2.05) is 5.38 Å². The van der Waals surface area contributed by atoms with Crippen LogP contribution in [-0.2, 0) is 11.3 Å². The van der Waals surface area contributed by atoms with Crippen molar-refractivity contribution >= 4 is 39.9 Å². The molecule has 0 spiro atoms. The summed E-state index contributed by atoms with van der Waals surface area (Å²) in [6, 6.07) is 6.72. The number of piperidine rings is 1. The van der Waals surface area contributed by atoms with Crippen LogP contribution in [0.25, 0.3) is 0 Å². The van der Waals surface area contributed by atoms with Crippen LogP contribution >= 0.6 is 22.9 Å². The molecule has 2 N–H and O–H groups in total. The fourth-order valence-electron chi connectivity index (χ4n) is 3.16. The summed E-state index contributed by atoms with van der Waals surface area (Å²) in [7, 11) is 0. The molecular formula is C19H23ClN4O2S. The molecule has 0 saturated carbocycles. The molecule has 1 aromatic heterocycles. The number of carbonyl (C=O) groups is 2. The highest BCUT2D eigenvalue weighted by atomic mass is 35.5. The number of nitrogens with one attached hydrogen (secondary N) is 2. The highest BCUT2D eigenvalue weighted by molar-refractivity contribution is 7.13. The molecule has 8 heteroatoms. The predicted octanol–water partition coefficient (Wildman–Crippen LogP) is 3.40. The summed E-state index contributed by atoms with van der Waals surface area (Å²) in [6.45, 7) is 5.13. The number of carbonyl (C=O) groups excluding carboxylic acids is 2. The first-order chi connectivity index (χ1) is 13.0. The Kier molecular flexibility index (Phi) is 6.82. The van der Waals surface area contributed by atoms with Crippen LogP contribution in [-0.4, -0.2) is 41.3 Å².